The van der Waals surface area contributed by atoms with Crippen molar-refractivity contribution in [3.8, 4) is 0 Å². The SMILES string of the molecule is CC1(C)CN(Cc2cccc(N)c2C(=O)O)CC(CO)O1. The Kier molecular flexibility index (Phi) is 4.51. The lowest BCUT2D eigenvalue weighted by molar-refractivity contribution is -0.150. The van der Waals surface area contributed by atoms with Crippen molar-refractivity contribution in [2.45, 2.75) is 32.1 Å². The maximum Gasteiger partial charge on any atom is 0.338 e. The van der Waals surface area contributed by atoms with Crippen molar-refractivity contribution in [3.63, 3.8) is 0 Å². The fourth-order valence-electron chi connectivity index (χ4n) is 2.89. The van der Waals surface area contributed by atoms with Crippen molar-refractivity contribution in [3.05, 3.63) is 29.3 Å². The van der Waals surface area contributed by atoms with Gasteiger partial charge in [-0.15, -0.1) is 0 Å². The third kappa shape index (κ3) is 3.72. The van der Waals surface area contributed by atoms with E-state index < -0.39 is 5.97 Å². The maximum atomic E-state index is 11.4. The molecule has 1 aliphatic rings. The van der Waals surface area contributed by atoms with Gasteiger partial charge in [0.05, 0.1) is 23.9 Å². The van der Waals surface area contributed by atoms with Crippen LogP contribution in [0.4, 0.5) is 5.69 Å². The van der Waals surface area contributed by atoms with Gasteiger partial charge in [0.1, 0.15) is 0 Å². The molecule has 4 N–H and O–H groups in total. The number of carbonyl (C=O) groups is 1. The van der Waals surface area contributed by atoms with Crippen LogP contribution in [-0.4, -0.2) is 52.5 Å². The number of hydrogen-bond acceptors (Lipinski definition) is 5. The molecule has 1 heterocycles. The first kappa shape index (κ1) is 15.8. The molecule has 0 aromatic heterocycles. The summed E-state index contributed by atoms with van der Waals surface area (Å²) in [5.74, 6) is -1.02. The van der Waals surface area contributed by atoms with E-state index in [9.17, 15) is 15.0 Å². The van der Waals surface area contributed by atoms with Crippen molar-refractivity contribution >= 4 is 11.7 Å². The van der Waals surface area contributed by atoms with Crippen LogP contribution in [0.25, 0.3) is 0 Å². The average Bonchev–Trinajstić information content (AvgIpc) is 2.36. The summed E-state index contributed by atoms with van der Waals surface area (Å²) in [6.07, 6.45) is -0.261. The Hall–Kier alpha value is -1.63. The fraction of sp³-hybridized carbons (Fsp3) is 0.533. The quantitative estimate of drug-likeness (QED) is 0.715. The zero-order chi connectivity index (χ0) is 15.6. The number of benzene rings is 1. The Bertz CT molecular complexity index is 530. The number of carboxylic acids is 1. The van der Waals surface area contributed by atoms with Gasteiger partial charge in [0.2, 0.25) is 0 Å². The Morgan fingerprint density at radius 1 is 1.52 bits per heavy atom. The Balaban J connectivity index is 2.22. The molecule has 0 spiro atoms. The third-order valence-electron chi connectivity index (χ3n) is 3.55. The second kappa shape index (κ2) is 6.01. The van der Waals surface area contributed by atoms with Gasteiger partial charge in [0.25, 0.3) is 0 Å². The minimum absolute atomic E-state index is 0.0529. The lowest BCUT2D eigenvalue weighted by Crippen LogP contribution is -2.53. The Labute approximate surface area is 124 Å². The predicted molar refractivity (Wildman–Crippen MR) is 79.1 cm³/mol. The van der Waals surface area contributed by atoms with Crippen molar-refractivity contribution in [2.24, 2.45) is 0 Å². The van der Waals surface area contributed by atoms with Crippen molar-refractivity contribution in [1.82, 2.24) is 4.90 Å². The summed E-state index contributed by atoms with van der Waals surface area (Å²) >= 11 is 0. The zero-order valence-electron chi connectivity index (χ0n) is 12.4. The van der Waals surface area contributed by atoms with Crippen LogP contribution in [0.5, 0.6) is 0 Å². The number of hydrogen-bond donors (Lipinski definition) is 3. The van der Waals surface area contributed by atoms with Gasteiger partial charge in [-0.05, 0) is 25.5 Å². The van der Waals surface area contributed by atoms with Crippen molar-refractivity contribution in [1.29, 1.82) is 0 Å². The molecule has 0 aliphatic carbocycles. The van der Waals surface area contributed by atoms with Gasteiger partial charge in [0, 0.05) is 25.3 Å². The first-order valence-corrected chi connectivity index (χ1v) is 6.94. The van der Waals surface area contributed by atoms with Gasteiger partial charge in [-0.3, -0.25) is 4.90 Å². The highest BCUT2D eigenvalue weighted by Crippen LogP contribution is 2.25. The van der Waals surface area contributed by atoms with E-state index in [4.69, 9.17) is 10.5 Å². The summed E-state index contributed by atoms with van der Waals surface area (Å²) in [6.45, 7) is 5.56. The van der Waals surface area contributed by atoms with Crippen molar-refractivity contribution in [2.75, 3.05) is 25.4 Å². The molecule has 6 heteroatoms. The third-order valence-corrected chi connectivity index (χ3v) is 3.55. The van der Waals surface area contributed by atoms with Gasteiger partial charge in [0.15, 0.2) is 0 Å². The highest BCUT2D eigenvalue weighted by atomic mass is 16.5. The second-order valence-corrected chi connectivity index (χ2v) is 6.04. The van der Waals surface area contributed by atoms with Crippen LogP contribution in [0.1, 0.15) is 29.8 Å². The van der Waals surface area contributed by atoms with E-state index in [1.807, 2.05) is 13.8 Å². The zero-order valence-corrected chi connectivity index (χ0v) is 12.4. The van der Waals surface area contributed by atoms with E-state index in [2.05, 4.69) is 4.90 Å². The first-order valence-electron chi connectivity index (χ1n) is 6.94. The highest BCUT2D eigenvalue weighted by Gasteiger charge is 2.33. The monoisotopic (exact) mass is 294 g/mol. The van der Waals surface area contributed by atoms with Gasteiger partial charge >= 0.3 is 5.97 Å². The second-order valence-electron chi connectivity index (χ2n) is 6.04. The van der Waals surface area contributed by atoms with Crippen molar-refractivity contribution < 1.29 is 19.7 Å². The van der Waals surface area contributed by atoms with Gasteiger partial charge in [-0.1, -0.05) is 12.1 Å². The Morgan fingerprint density at radius 3 is 2.86 bits per heavy atom. The lowest BCUT2D eigenvalue weighted by atomic mass is 10.0. The molecule has 1 aromatic carbocycles. The molecular weight excluding hydrogens is 272 g/mol. The average molecular weight is 294 g/mol. The molecule has 1 atom stereocenters. The largest absolute Gasteiger partial charge is 0.478 e. The number of carboxylic acid groups (broad SMARTS) is 1. The van der Waals surface area contributed by atoms with E-state index in [-0.39, 0.29) is 29.6 Å². The normalized spacial score (nSPS) is 22.1. The molecule has 1 unspecified atom stereocenters. The molecule has 1 saturated heterocycles. The standard InChI is InChI=1S/C15H22N2O4/c1-15(2)9-17(7-11(8-18)21-15)6-10-4-3-5-12(16)13(10)14(19)20/h3-5,11,18H,6-9,16H2,1-2H3,(H,19,20). The fourth-order valence-corrected chi connectivity index (χ4v) is 2.89. The van der Waals surface area contributed by atoms with Gasteiger partial charge in [-0.2, -0.15) is 0 Å². The summed E-state index contributed by atoms with van der Waals surface area (Å²) in [5.41, 5.74) is 6.49. The molecule has 0 bridgehead atoms. The smallest absolute Gasteiger partial charge is 0.338 e. The summed E-state index contributed by atoms with van der Waals surface area (Å²) < 4.78 is 5.76. The van der Waals surface area contributed by atoms with Crippen LogP contribution < -0.4 is 5.73 Å². The van der Waals surface area contributed by atoms with E-state index in [0.717, 1.165) is 0 Å². The number of nitrogens with zero attached hydrogens (tertiary/aromatic N) is 1. The number of nitrogens with two attached hydrogens (primary N) is 1. The molecule has 0 saturated carbocycles. The number of rotatable bonds is 4. The van der Waals surface area contributed by atoms with E-state index in [1.165, 1.54) is 0 Å². The van der Waals surface area contributed by atoms with Crippen LogP contribution >= 0.6 is 0 Å². The highest BCUT2D eigenvalue weighted by molar-refractivity contribution is 5.95. The maximum absolute atomic E-state index is 11.4. The number of aromatic carboxylic acids is 1. The molecular formula is C15H22N2O4. The molecule has 1 aromatic rings. The van der Waals surface area contributed by atoms with Crippen LogP contribution in [0.15, 0.2) is 18.2 Å². The molecule has 0 amide bonds. The minimum Gasteiger partial charge on any atom is -0.478 e. The van der Waals surface area contributed by atoms with Gasteiger partial charge < -0.3 is 20.7 Å². The Morgan fingerprint density at radius 2 is 2.24 bits per heavy atom. The van der Waals surface area contributed by atoms with Crippen LogP contribution in [0.3, 0.4) is 0 Å². The molecule has 116 valence electrons. The molecule has 1 fully saturated rings. The minimum atomic E-state index is -1.02. The predicted octanol–water partition coefficient (Wildman–Crippen LogP) is 0.939. The van der Waals surface area contributed by atoms with Crippen LogP contribution in [-0.2, 0) is 11.3 Å². The number of ether oxygens (including phenoxy) is 1. The number of anilines is 1. The topological polar surface area (TPSA) is 96.0 Å². The summed E-state index contributed by atoms with van der Waals surface area (Å²) in [6, 6.07) is 5.12. The molecule has 2 rings (SSSR count). The van der Waals surface area contributed by atoms with Crippen LogP contribution in [0, 0.1) is 0 Å². The first-order chi connectivity index (χ1) is 9.82. The summed E-state index contributed by atoms with van der Waals surface area (Å²) in [7, 11) is 0. The number of aliphatic hydroxyl groups excluding tert-OH is 1. The lowest BCUT2D eigenvalue weighted by Gasteiger charge is -2.42. The van der Waals surface area contributed by atoms with E-state index in [1.54, 1.807) is 18.2 Å². The molecule has 0 radical (unpaired) electrons. The van der Waals surface area contributed by atoms with E-state index >= 15 is 0 Å². The van der Waals surface area contributed by atoms with E-state index in [0.29, 0.717) is 25.2 Å². The summed E-state index contributed by atoms with van der Waals surface area (Å²) in [4.78, 5) is 13.5. The van der Waals surface area contributed by atoms with Crippen LogP contribution in [0.2, 0.25) is 0 Å². The number of morpholine rings is 1. The number of nitrogen functional groups attached to an aromatic ring is 1. The van der Waals surface area contributed by atoms with Gasteiger partial charge in [-0.25, -0.2) is 4.79 Å². The molecule has 21 heavy (non-hydrogen) atoms. The number of aliphatic hydroxyl groups is 1. The molecule has 6 nitrogen and oxygen atoms in total. The summed E-state index contributed by atoms with van der Waals surface area (Å²) in [5, 5.41) is 18.6. The molecule has 1 aliphatic heterocycles.